The number of benzene rings is 1. The molecule has 0 saturated carbocycles. The van der Waals surface area contributed by atoms with Crippen LogP contribution in [0.4, 0.5) is 20.4 Å². The number of hydrogen-bond donors (Lipinski definition) is 2. The minimum Gasteiger partial charge on any atom is -0.493 e. The Bertz CT molecular complexity index is 1150. The van der Waals surface area contributed by atoms with Crippen LogP contribution in [0.1, 0.15) is 12.0 Å². The number of nitrogens with zero attached hydrogens (tertiary/aromatic N) is 2. The van der Waals surface area contributed by atoms with Crippen molar-refractivity contribution in [3.8, 4) is 22.8 Å². The van der Waals surface area contributed by atoms with Gasteiger partial charge in [0.25, 0.3) is 0 Å². The quantitative estimate of drug-likeness (QED) is 0.583. The predicted octanol–water partition coefficient (Wildman–Crippen LogP) is 4.64. The van der Waals surface area contributed by atoms with Crippen LogP contribution >= 0.6 is 11.8 Å². The first-order chi connectivity index (χ1) is 15.5. The molecule has 3 aromatic rings. The number of pyridine rings is 2. The van der Waals surface area contributed by atoms with Gasteiger partial charge in [0.15, 0.2) is 0 Å². The number of halogens is 2. The van der Waals surface area contributed by atoms with Crippen LogP contribution in [0.25, 0.3) is 11.1 Å². The number of aromatic nitrogens is 2. The van der Waals surface area contributed by atoms with Crippen molar-refractivity contribution in [1.29, 1.82) is 0 Å². The van der Waals surface area contributed by atoms with Gasteiger partial charge in [0.05, 0.1) is 25.2 Å². The monoisotopic (exact) mass is 459 g/mol. The first-order valence-electron chi connectivity index (χ1n) is 9.76. The highest BCUT2D eigenvalue weighted by Gasteiger charge is 2.15. The summed E-state index contributed by atoms with van der Waals surface area (Å²) in [4.78, 5) is 19.3. The molecule has 0 spiro atoms. The SMILES string of the molecule is O=C(O)CSCc1cc2nc(c1)OCCCOc1cc(F)ccc1-c1cc(ncc1F)N2. The zero-order chi connectivity index (χ0) is 22.5. The van der Waals surface area contributed by atoms with E-state index in [1.54, 1.807) is 12.1 Å². The van der Waals surface area contributed by atoms with Gasteiger partial charge in [-0.25, -0.2) is 13.8 Å². The fraction of sp³-hybridized carbons (Fsp3) is 0.227. The average Bonchev–Trinajstić information content (AvgIpc) is 2.74. The topological polar surface area (TPSA) is 93.6 Å². The number of aliphatic carboxylic acids is 1. The normalized spacial score (nSPS) is 13.1. The fourth-order valence-corrected chi connectivity index (χ4v) is 3.82. The molecule has 2 aromatic heterocycles. The largest absolute Gasteiger partial charge is 0.493 e. The molecule has 4 rings (SSSR count). The molecule has 0 amide bonds. The Kier molecular flexibility index (Phi) is 6.69. The molecule has 0 aliphatic carbocycles. The van der Waals surface area contributed by atoms with E-state index in [1.165, 1.54) is 36.0 Å². The van der Waals surface area contributed by atoms with Gasteiger partial charge in [-0.05, 0) is 29.8 Å². The minimum atomic E-state index is -0.892. The Morgan fingerprint density at radius 2 is 1.94 bits per heavy atom. The average molecular weight is 459 g/mol. The smallest absolute Gasteiger partial charge is 0.313 e. The number of thioether (sulfide) groups is 1. The number of carboxylic acid groups (broad SMARTS) is 1. The molecule has 3 heterocycles. The molecule has 0 unspecified atom stereocenters. The summed E-state index contributed by atoms with van der Waals surface area (Å²) >= 11 is 1.25. The lowest BCUT2D eigenvalue weighted by Crippen LogP contribution is -2.08. The van der Waals surface area contributed by atoms with Crippen LogP contribution in [0.3, 0.4) is 0 Å². The Balaban J connectivity index is 1.71. The lowest BCUT2D eigenvalue weighted by atomic mass is 10.0. The highest BCUT2D eigenvalue weighted by Crippen LogP contribution is 2.34. The van der Waals surface area contributed by atoms with Crippen molar-refractivity contribution in [1.82, 2.24) is 9.97 Å². The molecular weight excluding hydrogens is 440 g/mol. The van der Waals surface area contributed by atoms with Gasteiger partial charge in [-0.15, -0.1) is 11.8 Å². The van der Waals surface area contributed by atoms with E-state index in [1.807, 2.05) is 0 Å². The maximum Gasteiger partial charge on any atom is 0.313 e. The van der Waals surface area contributed by atoms with E-state index in [-0.39, 0.29) is 23.7 Å². The molecule has 0 fully saturated rings. The van der Waals surface area contributed by atoms with Gasteiger partial charge in [-0.1, -0.05) is 0 Å². The van der Waals surface area contributed by atoms with E-state index >= 15 is 0 Å². The van der Waals surface area contributed by atoms with Crippen molar-refractivity contribution in [2.75, 3.05) is 24.3 Å². The number of carboxylic acids is 1. The van der Waals surface area contributed by atoms with Gasteiger partial charge < -0.3 is 19.9 Å². The Morgan fingerprint density at radius 3 is 2.78 bits per heavy atom. The molecule has 0 saturated heterocycles. The Labute approximate surface area is 186 Å². The molecule has 0 radical (unpaired) electrons. The highest BCUT2D eigenvalue weighted by molar-refractivity contribution is 7.99. The van der Waals surface area contributed by atoms with Crippen molar-refractivity contribution in [2.24, 2.45) is 0 Å². The molecule has 1 aromatic carbocycles. The van der Waals surface area contributed by atoms with Crippen LogP contribution in [0.5, 0.6) is 11.6 Å². The van der Waals surface area contributed by atoms with Gasteiger partial charge in [0, 0.05) is 35.4 Å². The zero-order valence-corrected chi connectivity index (χ0v) is 17.6. The van der Waals surface area contributed by atoms with E-state index in [0.29, 0.717) is 41.9 Å². The summed E-state index contributed by atoms with van der Waals surface area (Å²) in [6.45, 7) is 0.524. The second-order valence-corrected chi connectivity index (χ2v) is 7.94. The Hall–Kier alpha value is -3.40. The van der Waals surface area contributed by atoms with E-state index in [9.17, 15) is 13.6 Å². The van der Waals surface area contributed by atoms with E-state index in [2.05, 4.69) is 15.3 Å². The van der Waals surface area contributed by atoms with Gasteiger partial charge in [-0.3, -0.25) is 4.79 Å². The van der Waals surface area contributed by atoms with E-state index < -0.39 is 17.6 Å². The molecule has 2 N–H and O–H groups in total. The lowest BCUT2D eigenvalue weighted by molar-refractivity contribution is -0.133. The number of fused-ring (bicyclic) bond motifs is 6. The third kappa shape index (κ3) is 5.44. The summed E-state index contributed by atoms with van der Waals surface area (Å²) in [5, 5.41) is 11.9. The van der Waals surface area contributed by atoms with Crippen molar-refractivity contribution >= 4 is 29.4 Å². The van der Waals surface area contributed by atoms with Crippen molar-refractivity contribution in [3.63, 3.8) is 0 Å². The van der Waals surface area contributed by atoms with Gasteiger partial charge >= 0.3 is 5.97 Å². The summed E-state index contributed by atoms with van der Waals surface area (Å²) in [5.41, 5.74) is 1.43. The van der Waals surface area contributed by atoms with Gasteiger partial charge in [0.2, 0.25) is 5.88 Å². The number of carbonyl (C=O) groups is 1. The number of rotatable bonds is 4. The molecule has 166 valence electrons. The predicted molar refractivity (Wildman–Crippen MR) is 117 cm³/mol. The number of ether oxygens (including phenoxy) is 2. The standard InChI is InChI=1S/C22H19F2N3O4S/c23-14-2-3-15-16-9-19(25-10-17(16)24)26-20-6-13(11-32-12-22(28)29)7-21(27-20)31-5-1-4-30-18(15)8-14/h2-3,6-10H,1,4-5,11-12H2,(H,28,29)(H,25,26,27). The molecule has 7 nitrogen and oxygen atoms in total. The second-order valence-electron chi connectivity index (χ2n) is 6.95. The molecule has 1 aliphatic rings. The highest BCUT2D eigenvalue weighted by atomic mass is 32.2. The second kappa shape index (κ2) is 9.82. The zero-order valence-electron chi connectivity index (χ0n) is 16.8. The van der Waals surface area contributed by atoms with Crippen LogP contribution in [0.15, 0.2) is 42.6 Å². The van der Waals surface area contributed by atoms with Crippen LogP contribution in [0, 0.1) is 11.6 Å². The van der Waals surface area contributed by atoms with E-state index in [4.69, 9.17) is 14.6 Å². The molecule has 4 bridgehead atoms. The number of anilines is 2. The van der Waals surface area contributed by atoms with Crippen LogP contribution in [-0.2, 0) is 10.5 Å². The van der Waals surface area contributed by atoms with E-state index in [0.717, 1.165) is 11.8 Å². The van der Waals surface area contributed by atoms with Crippen LogP contribution < -0.4 is 14.8 Å². The van der Waals surface area contributed by atoms with Crippen LogP contribution in [0.2, 0.25) is 0 Å². The number of nitrogens with one attached hydrogen (secondary N) is 1. The van der Waals surface area contributed by atoms with Crippen molar-refractivity contribution in [3.05, 3.63) is 59.8 Å². The summed E-state index contributed by atoms with van der Waals surface area (Å²) in [6, 6.07) is 8.92. The fourth-order valence-electron chi connectivity index (χ4n) is 3.14. The third-order valence-electron chi connectivity index (χ3n) is 4.50. The maximum absolute atomic E-state index is 14.6. The first-order valence-corrected chi connectivity index (χ1v) is 10.9. The summed E-state index contributed by atoms with van der Waals surface area (Å²) in [7, 11) is 0. The first kappa shape index (κ1) is 21.8. The molecule has 32 heavy (non-hydrogen) atoms. The maximum atomic E-state index is 14.6. The van der Waals surface area contributed by atoms with Crippen molar-refractivity contribution in [2.45, 2.75) is 12.2 Å². The van der Waals surface area contributed by atoms with Gasteiger partial charge in [-0.2, -0.15) is 4.98 Å². The summed E-state index contributed by atoms with van der Waals surface area (Å²) < 4.78 is 39.8. The molecule has 0 atom stereocenters. The summed E-state index contributed by atoms with van der Waals surface area (Å²) in [5.74, 6) is -0.202. The molecule has 10 heteroatoms. The molecule has 1 aliphatic heterocycles. The minimum absolute atomic E-state index is 0.0263. The van der Waals surface area contributed by atoms with Crippen molar-refractivity contribution < 1.29 is 28.2 Å². The lowest BCUT2D eigenvalue weighted by Gasteiger charge is -2.16. The van der Waals surface area contributed by atoms with Crippen LogP contribution in [-0.4, -0.2) is 40.0 Å². The Morgan fingerprint density at radius 1 is 1.09 bits per heavy atom. The van der Waals surface area contributed by atoms with Gasteiger partial charge in [0.1, 0.15) is 29.0 Å². The third-order valence-corrected chi connectivity index (χ3v) is 5.49. The summed E-state index contributed by atoms with van der Waals surface area (Å²) in [6.07, 6.45) is 1.56. The number of hydrogen-bond acceptors (Lipinski definition) is 7. The molecular formula is C22H19F2N3O4S.